The van der Waals surface area contributed by atoms with E-state index in [4.69, 9.17) is 10.5 Å². The van der Waals surface area contributed by atoms with Gasteiger partial charge in [-0.1, -0.05) is 30.3 Å². The lowest BCUT2D eigenvalue weighted by molar-refractivity contribution is -0.173. The molecule has 106 valence electrons. The van der Waals surface area contributed by atoms with E-state index in [1.54, 1.807) is 0 Å². The first kappa shape index (κ1) is 14.2. The molecular formula is C15H17NO4. The van der Waals surface area contributed by atoms with Gasteiger partial charge >= 0.3 is 5.97 Å². The summed E-state index contributed by atoms with van der Waals surface area (Å²) in [5, 5.41) is 0. The Labute approximate surface area is 117 Å². The Morgan fingerprint density at radius 3 is 2.55 bits per heavy atom. The van der Waals surface area contributed by atoms with Crippen LogP contribution in [0.15, 0.2) is 30.3 Å². The average molecular weight is 275 g/mol. The number of amides is 1. The summed E-state index contributed by atoms with van der Waals surface area (Å²) in [6.45, 7) is 0. The van der Waals surface area contributed by atoms with Gasteiger partial charge in [0.1, 0.15) is 17.8 Å². The summed E-state index contributed by atoms with van der Waals surface area (Å²) in [7, 11) is 0. The molecule has 5 heteroatoms. The van der Waals surface area contributed by atoms with E-state index in [0.29, 0.717) is 12.8 Å². The number of carbonyl (C=O) groups excluding carboxylic acids is 3. The van der Waals surface area contributed by atoms with E-state index in [-0.39, 0.29) is 25.0 Å². The topological polar surface area (TPSA) is 86.5 Å². The molecule has 0 aromatic heterocycles. The monoisotopic (exact) mass is 275 g/mol. The van der Waals surface area contributed by atoms with Crippen LogP contribution in [0.4, 0.5) is 0 Å². The number of primary amides is 1. The van der Waals surface area contributed by atoms with Crippen molar-refractivity contribution in [1.82, 2.24) is 0 Å². The van der Waals surface area contributed by atoms with Crippen LogP contribution in [0, 0.1) is 0 Å². The molecule has 5 nitrogen and oxygen atoms in total. The van der Waals surface area contributed by atoms with E-state index >= 15 is 0 Å². The van der Waals surface area contributed by atoms with Crippen molar-refractivity contribution in [2.75, 3.05) is 0 Å². The van der Waals surface area contributed by atoms with Crippen LogP contribution in [-0.2, 0) is 24.7 Å². The number of benzene rings is 1. The maximum Gasteiger partial charge on any atom is 0.314 e. The van der Waals surface area contributed by atoms with E-state index in [1.807, 2.05) is 30.3 Å². The van der Waals surface area contributed by atoms with Crippen molar-refractivity contribution in [2.45, 2.75) is 37.7 Å². The predicted octanol–water partition coefficient (Wildman–Crippen LogP) is 1.44. The Morgan fingerprint density at radius 1 is 1.25 bits per heavy atom. The molecule has 1 unspecified atom stereocenters. The van der Waals surface area contributed by atoms with Crippen LogP contribution < -0.4 is 5.73 Å². The Bertz CT molecular complexity index is 508. The molecule has 0 saturated carbocycles. The predicted molar refractivity (Wildman–Crippen MR) is 71.5 cm³/mol. The molecular weight excluding hydrogens is 258 g/mol. The first-order valence-corrected chi connectivity index (χ1v) is 6.59. The number of nitrogens with two attached hydrogens (primary N) is 1. The molecule has 1 aliphatic heterocycles. The van der Waals surface area contributed by atoms with Gasteiger partial charge in [-0.25, -0.2) is 0 Å². The van der Waals surface area contributed by atoms with Gasteiger partial charge in [-0.05, 0) is 18.4 Å². The van der Waals surface area contributed by atoms with Crippen LogP contribution in [0.25, 0.3) is 0 Å². The fourth-order valence-corrected chi connectivity index (χ4v) is 2.57. The van der Waals surface area contributed by atoms with Crippen molar-refractivity contribution >= 4 is 17.7 Å². The number of hydrogen-bond acceptors (Lipinski definition) is 4. The molecule has 1 aromatic carbocycles. The number of esters is 1. The van der Waals surface area contributed by atoms with E-state index in [0.717, 1.165) is 5.56 Å². The van der Waals surface area contributed by atoms with E-state index in [2.05, 4.69) is 0 Å². The van der Waals surface area contributed by atoms with Crippen LogP contribution in [-0.4, -0.2) is 17.7 Å². The van der Waals surface area contributed by atoms with Crippen molar-refractivity contribution in [3.05, 3.63) is 35.9 Å². The highest BCUT2D eigenvalue weighted by molar-refractivity contribution is 5.98. The van der Waals surface area contributed by atoms with Crippen molar-refractivity contribution in [3.8, 4) is 0 Å². The number of cyclic esters (lactones) is 1. The largest absolute Gasteiger partial charge is 0.453 e. The summed E-state index contributed by atoms with van der Waals surface area (Å²) >= 11 is 0. The normalized spacial score (nSPS) is 22.4. The summed E-state index contributed by atoms with van der Waals surface area (Å²) < 4.78 is 5.50. The summed E-state index contributed by atoms with van der Waals surface area (Å²) in [5.41, 5.74) is 4.96. The molecule has 0 aliphatic carbocycles. The molecule has 1 aromatic rings. The first-order chi connectivity index (χ1) is 9.52. The lowest BCUT2D eigenvalue weighted by Crippen LogP contribution is -2.40. The van der Waals surface area contributed by atoms with E-state index < -0.39 is 17.5 Å². The molecule has 1 atom stereocenters. The number of hydrogen-bond donors (Lipinski definition) is 1. The fraction of sp³-hybridized carbons (Fsp3) is 0.400. The van der Waals surface area contributed by atoms with Gasteiger partial charge in [0.25, 0.3) is 0 Å². The Hall–Kier alpha value is -2.17. The molecule has 20 heavy (non-hydrogen) atoms. The van der Waals surface area contributed by atoms with Gasteiger partial charge in [-0.3, -0.25) is 14.4 Å². The zero-order valence-electron chi connectivity index (χ0n) is 11.1. The lowest BCUT2D eigenvalue weighted by atomic mass is 9.81. The summed E-state index contributed by atoms with van der Waals surface area (Å²) in [6, 6.07) is 9.18. The zero-order valence-corrected chi connectivity index (χ0v) is 11.1. The van der Waals surface area contributed by atoms with Crippen LogP contribution >= 0.6 is 0 Å². The minimum Gasteiger partial charge on any atom is -0.453 e. The molecule has 1 heterocycles. The minimum atomic E-state index is -0.955. The molecule has 2 N–H and O–H groups in total. The van der Waals surface area contributed by atoms with Crippen LogP contribution in [0.5, 0.6) is 0 Å². The van der Waals surface area contributed by atoms with Gasteiger partial charge in [0.05, 0.1) is 6.42 Å². The highest BCUT2D eigenvalue weighted by Crippen LogP contribution is 2.38. The van der Waals surface area contributed by atoms with Crippen LogP contribution in [0.1, 0.15) is 37.7 Å². The second-order valence-electron chi connectivity index (χ2n) is 5.05. The van der Waals surface area contributed by atoms with Crippen molar-refractivity contribution in [2.24, 2.45) is 5.73 Å². The van der Waals surface area contributed by atoms with E-state index in [1.165, 1.54) is 0 Å². The quantitative estimate of drug-likeness (QED) is 0.650. The summed E-state index contributed by atoms with van der Waals surface area (Å²) in [4.78, 5) is 34.2. The molecule has 1 amide bonds. The Morgan fingerprint density at radius 2 is 1.95 bits per heavy atom. The highest BCUT2D eigenvalue weighted by Gasteiger charge is 2.42. The summed E-state index contributed by atoms with van der Waals surface area (Å²) in [6.07, 6.45) is 1.08. The van der Waals surface area contributed by atoms with Crippen LogP contribution in [0.3, 0.4) is 0 Å². The summed E-state index contributed by atoms with van der Waals surface area (Å²) in [5.74, 6) is -1.05. The van der Waals surface area contributed by atoms with Gasteiger partial charge in [-0.15, -0.1) is 0 Å². The number of rotatable bonds is 5. The Balaban J connectivity index is 2.25. The third-order valence-electron chi connectivity index (χ3n) is 3.44. The van der Waals surface area contributed by atoms with Crippen molar-refractivity contribution < 1.29 is 19.1 Å². The number of Topliss-reactive ketones (excluding diaryl/α,β-unsaturated/α-hetero) is 1. The molecule has 0 radical (unpaired) electrons. The van der Waals surface area contributed by atoms with E-state index in [9.17, 15) is 14.4 Å². The standard InChI is InChI=1S/C15H17NO4/c16-13(18)7-4-8-15(11-5-2-1-3-6-11)10-12(17)9-14(19)20-15/h1-3,5-6H,4,7-10H2,(H2,16,18). The smallest absolute Gasteiger partial charge is 0.314 e. The van der Waals surface area contributed by atoms with Gasteiger partial charge in [0.15, 0.2) is 0 Å². The van der Waals surface area contributed by atoms with Gasteiger partial charge in [-0.2, -0.15) is 0 Å². The maximum atomic E-state index is 11.8. The fourth-order valence-electron chi connectivity index (χ4n) is 2.57. The third kappa shape index (κ3) is 3.23. The number of ether oxygens (including phenoxy) is 1. The van der Waals surface area contributed by atoms with Crippen molar-refractivity contribution in [3.63, 3.8) is 0 Å². The lowest BCUT2D eigenvalue weighted by Gasteiger charge is -2.36. The third-order valence-corrected chi connectivity index (χ3v) is 3.44. The molecule has 1 fully saturated rings. The average Bonchev–Trinajstić information content (AvgIpc) is 2.38. The first-order valence-electron chi connectivity index (χ1n) is 6.59. The second kappa shape index (κ2) is 5.86. The number of ketones is 1. The van der Waals surface area contributed by atoms with Gasteiger partial charge < -0.3 is 10.5 Å². The van der Waals surface area contributed by atoms with Crippen molar-refractivity contribution in [1.29, 1.82) is 0 Å². The molecule has 0 bridgehead atoms. The molecule has 1 saturated heterocycles. The van der Waals surface area contributed by atoms with Gasteiger partial charge in [0, 0.05) is 6.42 Å². The maximum absolute atomic E-state index is 11.8. The highest BCUT2D eigenvalue weighted by atomic mass is 16.6. The minimum absolute atomic E-state index is 0.135. The molecule has 0 spiro atoms. The Kier molecular flexibility index (Phi) is 4.17. The number of carbonyl (C=O) groups is 3. The second-order valence-corrected chi connectivity index (χ2v) is 5.05. The SMILES string of the molecule is NC(=O)CCCC1(c2ccccc2)CC(=O)CC(=O)O1. The van der Waals surface area contributed by atoms with Crippen LogP contribution in [0.2, 0.25) is 0 Å². The van der Waals surface area contributed by atoms with Gasteiger partial charge in [0.2, 0.25) is 5.91 Å². The zero-order chi connectivity index (χ0) is 14.6. The molecule has 1 aliphatic rings. The molecule has 2 rings (SSSR count).